The smallest absolute Gasteiger partial charge is 0.426 e. The van der Waals surface area contributed by atoms with Crippen LogP contribution in [-0.4, -0.2) is 41.0 Å². The fraction of sp³-hybridized carbons (Fsp3) is 0.440. The predicted octanol–water partition coefficient (Wildman–Crippen LogP) is 2.38. The molecule has 0 aromatic heterocycles. The number of hydrogen-bond acceptors (Lipinski definition) is 4. The van der Waals surface area contributed by atoms with Crippen molar-refractivity contribution in [3.8, 4) is 0 Å². The molecule has 1 aliphatic carbocycles. The van der Waals surface area contributed by atoms with Crippen LogP contribution in [0.5, 0.6) is 0 Å². The Morgan fingerprint density at radius 1 is 1.03 bits per heavy atom. The SMILES string of the molecule is CC(C)C[C@@H](NC(=O)[C@H](Cc1ccccc1)NC(=O)C1CCCc2ccccc21)B(O)O. The summed E-state index contributed by atoms with van der Waals surface area (Å²) in [6, 6.07) is 16.7. The zero-order valence-corrected chi connectivity index (χ0v) is 18.8. The molecule has 2 amide bonds. The lowest BCUT2D eigenvalue weighted by molar-refractivity contribution is -0.130. The van der Waals surface area contributed by atoms with Gasteiger partial charge in [0.25, 0.3) is 0 Å². The first-order chi connectivity index (χ1) is 15.3. The molecule has 0 bridgehead atoms. The number of nitrogens with one attached hydrogen (secondary N) is 2. The van der Waals surface area contributed by atoms with Crippen LogP contribution in [0, 0.1) is 5.92 Å². The highest BCUT2D eigenvalue weighted by Gasteiger charge is 2.32. The minimum atomic E-state index is -1.67. The quantitative estimate of drug-likeness (QED) is 0.454. The van der Waals surface area contributed by atoms with Crippen molar-refractivity contribution in [3.63, 3.8) is 0 Å². The van der Waals surface area contributed by atoms with Gasteiger partial charge in [0, 0.05) is 6.42 Å². The third kappa shape index (κ3) is 6.44. The summed E-state index contributed by atoms with van der Waals surface area (Å²) in [5.41, 5.74) is 3.13. The normalized spacial score (nSPS) is 17.2. The van der Waals surface area contributed by atoms with Crippen LogP contribution in [-0.2, 0) is 22.4 Å². The minimum Gasteiger partial charge on any atom is -0.426 e. The molecule has 32 heavy (non-hydrogen) atoms. The Balaban J connectivity index is 1.78. The number of carbonyl (C=O) groups is 2. The Kier molecular flexibility index (Phi) is 8.48. The summed E-state index contributed by atoms with van der Waals surface area (Å²) in [4.78, 5) is 26.4. The molecule has 6 nitrogen and oxygen atoms in total. The predicted molar refractivity (Wildman–Crippen MR) is 126 cm³/mol. The Hall–Kier alpha value is -2.64. The Bertz CT molecular complexity index is 904. The lowest BCUT2D eigenvalue weighted by Gasteiger charge is -2.28. The van der Waals surface area contributed by atoms with Crippen molar-refractivity contribution in [2.45, 2.75) is 63.9 Å². The van der Waals surface area contributed by atoms with E-state index in [1.165, 1.54) is 5.56 Å². The highest BCUT2D eigenvalue weighted by molar-refractivity contribution is 6.43. The van der Waals surface area contributed by atoms with Crippen molar-refractivity contribution < 1.29 is 19.6 Å². The average Bonchev–Trinajstić information content (AvgIpc) is 2.78. The number of aryl methyl sites for hydroxylation is 1. The van der Waals surface area contributed by atoms with Gasteiger partial charge in [-0.05, 0) is 48.3 Å². The van der Waals surface area contributed by atoms with E-state index in [0.29, 0.717) is 12.8 Å². The summed E-state index contributed by atoms with van der Waals surface area (Å²) < 4.78 is 0. The maximum Gasteiger partial charge on any atom is 0.475 e. The van der Waals surface area contributed by atoms with Crippen molar-refractivity contribution in [2.75, 3.05) is 0 Å². The zero-order chi connectivity index (χ0) is 23.1. The van der Waals surface area contributed by atoms with Gasteiger partial charge in [-0.1, -0.05) is 68.4 Å². The third-order valence-corrected chi connectivity index (χ3v) is 6.01. The maximum atomic E-state index is 13.3. The monoisotopic (exact) mass is 436 g/mol. The van der Waals surface area contributed by atoms with E-state index in [4.69, 9.17) is 0 Å². The minimum absolute atomic E-state index is 0.168. The van der Waals surface area contributed by atoms with Gasteiger partial charge in [-0.3, -0.25) is 9.59 Å². The fourth-order valence-corrected chi connectivity index (χ4v) is 4.40. The molecule has 4 N–H and O–H groups in total. The van der Waals surface area contributed by atoms with Crippen LogP contribution in [0.15, 0.2) is 54.6 Å². The second-order valence-corrected chi connectivity index (χ2v) is 9.05. The van der Waals surface area contributed by atoms with E-state index in [2.05, 4.69) is 16.7 Å². The topological polar surface area (TPSA) is 98.7 Å². The number of fused-ring (bicyclic) bond motifs is 1. The number of carbonyl (C=O) groups excluding carboxylic acids is 2. The van der Waals surface area contributed by atoms with Crippen LogP contribution in [0.3, 0.4) is 0 Å². The molecule has 0 fully saturated rings. The second kappa shape index (κ2) is 11.3. The molecule has 3 rings (SSSR count). The first-order valence-electron chi connectivity index (χ1n) is 11.4. The largest absolute Gasteiger partial charge is 0.475 e. The average molecular weight is 436 g/mol. The number of amides is 2. The van der Waals surface area contributed by atoms with Crippen molar-refractivity contribution in [2.24, 2.45) is 5.92 Å². The van der Waals surface area contributed by atoms with Crippen molar-refractivity contribution in [3.05, 3.63) is 71.3 Å². The lowest BCUT2D eigenvalue weighted by Crippen LogP contribution is -2.55. The summed E-state index contributed by atoms with van der Waals surface area (Å²) in [5, 5.41) is 25.2. The van der Waals surface area contributed by atoms with Gasteiger partial charge in [-0.15, -0.1) is 0 Å². The summed E-state index contributed by atoms with van der Waals surface area (Å²) >= 11 is 0. The van der Waals surface area contributed by atoms with Gasteiger partial charge in [-0.25, -0.2) is 0 Å². The van der Waals surface area contributed by atoms with Crippen LogP contribution in [0.2, 0.25) is 0 Å². The maximum absolute atomic E-state index is 13.3. The van der Waals surface area contributed by atoms with E-state index in [-0.39, 0.29) is 17.7 Å². The summed E-state index contributed by atoms with van der Waals surface area (Å²) in [6.07, 6.45) is 3.37. The highest BCUT2D eigenvalue weighted by atomic mass is 16.4. The summed E-state index contributed by atoms with van der Waals surface area (Å²) in [7, 11) is -1.67. The molecule has 0 saturated carbocycles. The molecule has 0 saturated heterocycles. The van der Waals surface area contributed by atoms with Gasteiger partial charge in [0.1, 0.15) is 6.04 Å². The molecule has 0 heterocycles. The molecule has 1 unspecified atom stereocenters. The second-order valence-electron chi connectivity index (χ2n) is 9.05. The van der Waals surface area contributed by atoms with Crippen molar-refractivity contribution in [1.82, 2.24) is 10.6 Å². The first kappa shape index (κ1) is 24.0. The van der Waals surface area contributed by atoms with Gasteiger partial charge < -0.3 is 20.7 Å². The number of rotatable bonds is 9. The van der Waals surface area contributed by atoms with Gasteiger partial charge in [-0.2, -0.15) is 0 Å². The van der Waals surface area contributed by atoms with E-state index < -0.39 is 25.0 Å². The third-order valence-electron chi connectivity index (χ3n) is 6.01. The Morgan fingerprint density at radius 2 is 1.72 bits per heavy atom. The van der Waals surface area contributed by atoms with Crippen LogP contribution >= 0.6 is 0 Å². The summed E-state index contributed by atoms with van der Waals surface area (Å²) in [6.45, 7) is 3.90. The fourth-order valence-electron chi connectivity index (χ4n) is 4.40. The highest BCUT2D eigenvalue weighted by Crippen LogP contribution is 2.31. The van der Waals surface area contributed by atoms with E-state index in [9.17, 15) is 19.6 Å². The molecule has 1 aliphatic rings. The van der Waals surface area contributed by atoms with Crippen molar-refractivity contribution >= 4 is 18.9 Å². The molecule has 0 aliphatic heterocycles. The molecule has 2 aromatic carbocycles. The van der Waals surface area contributed by atoms with Gasteiger partial charge in [0.05, 0.1) is 11.9 Å². The van der Waals surface area contributed by atoms with Crippen LogP contribution in [0.25, 0.3) is 0 Å². The van der Waals surface area contributed by atoms with Gasteiger partial charge in [0.2, 0.25) is 11.8 Å². The van der Waals surface area contributed by atoms with Crippen LogP contribution in [0.4, 0.5) is 0 Å². The standard InChI is InChI=1S/C25H33BN2O4/c1-17(2)15-23(26(31)32)28-25(30)22(16-18-9-4-3-5-10-18)27-24(29)21-14-8-12-19-11-6-7-13-20(19)21/h3-7,9-11,13,17,21-23,31-32H,8,12,14-16H2,1-2H3,(H,27,29)(H,28,30)/t21?,22-,23+/m0/s1. The lowest BCUT2D eigenvalue weighted by atomic mass is 9.75. The van der Waals surface area contributed by atoms with Gasteiger partial charge >= 0.3 is 7.12 Å². The summed E-state index contributed by atoms with van der Waals surface area (Å²) in [5.74, 6) is -1.50. The number of benzene rings is 2. The van der Waals surface area contributed by atoms with Gasteiger partial charge in [0.15, 0.2) is 0 Å². The Labute approximate surface area is 190 Å². The van der Waals surface area contributed by atoms with Crippen LogP contribution in [0.1, 0.15) is 55.7 Å². The van der Waals surface area contributed by atoms with E-state index >= 15 is 0 Å². The molecular weight excluding hydrogens is 403 g/mol. The molecular formula is C25H33BN2O4. The first-order valence-corrected chi connectivity index (χ1v) is 11.4. The van der Waals surface area contributed by atoms with Crippen LogP contribution < -0.4 is 10.6 Å². The molecule has 2 aromatic rings. The van der Waals surface area contributed by atoms with E-state index in [1.54, 1.807) is 0 Å². The molecule has 0 spiro atoms. The molecule has 7 heteroatoms. The molecule has 170 valence electrons. The van der Waals surface area contributed by atoms with E-state index in [1.807, 2.05) is 62.4 Å². The molecule has 0 radical (unpaired) electrons. The number of hydrogen-bond donors (Lipinski definition) is 4. The van der Waals surface area contributed by atoms with Crippen molar-refractivity contribution in [1.29, 1.82) is 0 Å². The van der Waals surface area contributed by atoms with E-state index in [0.717, 1.165) is 30.4 Å². The Morgan fingerprint density at radius 3 is 2.41 bits per heavy atom. The molecule has 3 atom stereocenters. The zero-order valence-electron chi connectivity index (χ0n) is 18.8.